The van der Waals surface area contributed by atoms with Crippen molar-refractivity contribution in [3.8, 4) is 11.8 Å². The third-order valence-electron chi connectivity index (χ3n) is 5.66. The van der Waals surface area contributed by atoms with E-state index in [0.29, 0.717) is 28.9 Å². The van der Waals surface area contributed by atoms with Gasteiger partial charge in [0.25, 0.3) is 0 Å². The summed E-state index contributed by atoms with van der Waals surface area (Å²) < 4.78 is 25.4. The first kappa shape index (κ1) is 27.4. The molecule has 2 aromatic carbocycles. The van der Waals surface area contributed by atoms with Gasteiger partial charge in [0.05, 0.1) is 23.3 Å². The number of amides is 2. The van der Waals surface area contributed by atoms with Crippen molar-refractivity contribution in [2.45, 2.75) is 26.2 Å². The van der Waals surface area contributed by atoms with Gasteiger partial charge in [-0.25, -0.2) is 9.38 Å². The largest absolute Gasteiger partial charge is 0.491 e. The molecule has 0 radical (unpaired) electrons. The fourth-order valence-corrected chi connectivity index (χ4v) is 3.45. The molecule has 0 spiro atoms. The average molecular weight is 508 g/mol. The van der Waals surface area contributed by atoms with Crippen LogP contribution < -0.4 is 31.1 Å². The number of aliphatic imine (C=N–C) groups is 1. The maximum absolute atomic E-state index is 15.0. The molecule has 3 rings (SSSR count). The number of carbonyl (C=O) groups is 2. The van der Waals surface area contributed by atoms with Gasteiger partial charge < -0.3 is 25.4 Å². The van der Waals surface area contributed by atoms with Crippen LogP contribution in [0.15, 0.2) is 41.4 Å². The fraction of sp³-hybridized carbons (Fsp3) is 0.333. The molecule has 0 saturated heterocycles. The van der Waals surface area contributed by atoms with Crippen molar-refractivity contribution in [2.24, 2.45) is 10.4 Å². The summed E-state index contributed by atoms with van der Waals surface area (Å²) in [6.07, 6.45) is 2.71. The summed E-state index contributed by atoms with van der Waals surface area (Å²) in [6.45, 7) is 6.57. The number of nitriles is 1. The summed E-state index contributed by atoms with van der Waals surface area (Å²) in [4.78, 5) is 28.5. The lowest BCUT2D eigenvalue weighted by Crippen LogP contribution is -2.32. The van der Waals surface area contributed by atoms with E-state index in [-0.39, 0.29) is 30.6 Å². The SMILES string of the molecule is C=c1cc(OCCOC)cc(F)/c1=C(/N=C\C)Nc1ccc(NC(=O)CC(=O)NCC2(C#N)CC2)cc1. The molecule has 2 amide bonds. The molecule has 37 heavy (non-hydrogen) atoms. The van der Waals surface area contributed by atoms with Gasteiger partial charge in [0.1, 0.15) is 30.4 Å². The van der Waals surface area contributed by atoms with Gasteiger partial charge >= 0.3 is 0 Å². The molecule has 3 N–H and O–H groups in total. The molecule has 0 atom stereocenters. The second kappa shape index (κ2) is 12.6. The number of nitrogens with one attached hydrogen (secondary N) is 3. The highest BCUT2D eigenvalue weighted by molar-refractivity contribution is 6.03. The van der Waals surface area contributed by atoms with E-state index in [0.717, 1.165) is 12.8 Å². The molecule has 1 aliphatic rings. The molecule has 0 bridgehead atoms. The van der Waals surface area contributed by atoms with Crippen LogP contribution in [0.1, 0.15) is 26.2 Å². The third-order valence-corrected chi connectivity index (χ3v) is 5.66. The Morgan fingerprint density at radius 1 is 1.16 bits per heavy atom. The normalized spacial score (nSPS) is 14.4. The number of carbonyl (C=O) groups excluding carboxylic acids is 2. The molecular weight excluding hydrogens is 477 g/mol. The Balaban J connectivity index is 1.65. The second-order valence-electron chi connectivity index (χ2n) is 8.61. The first-order valence-corrected chi connectivity index (χ1v) is 11.8. The molecule has 0 unspecified atom stereocenters. The van der Waals surface area contributed by atoms with Crippen LogP contribution in [-0.4, -0.2) is 44.9 Å². The number of anilines is 2. The monoisotopic (exact) mass is 507 g/mol. The van der Waals surface area contributed by atoms with Crippen molar-refractivity contribution in [3.05, 3.63) is 52.7 Å². The fourth-order valence-electron chi connectivity index (χ4n) is 3.45. The van der Waals surface area contributed by atoms with E-state index < -0.39 is 23.0 Å². The molecule has 2 aromatic rings. The standard InChI is InChI=1S/C27H30FN5O4/c1-4-30-26(25-18(2)13-21(14-22(25)28)37-12-11-36-3)33-20-7-5-19(6-8-20)32-24(35)15-23(34)31-17-27(16-29)9-10-27/h4-8,13-14,33H,2,9-12,15,17H2,1,3H3,(H,31,34)(H,32,35)/b26-25-,30-4-. The van der Waals surface area contributed by atoms with Gasteiger partial charge in [0.15, 0.2) is 0 Å². The maximum Gasteiger partial charge on any atom is 0.233 e. The van der Waals surface area contributed by atoms with E-state index >= 15 is 0 Å². The lowest BCUT2D eigenvalue weighted by Gasteiger charge is -2.11. The summed E-state index contributed by atoms with van der Waals surface area (Å²) in [7, 11) is 1.55. The van der Waals surface area contributed by atoms with Crippen LogP contribution in [0.2, 0.25) is 0 Å². The molecule has 0 aliphatic heterocycles. The Hall–Kier alpha value is -4.23. The van der Waals surface area contributed by atoms with Gasteiger partial charge in [0, 0.05) is 37.3 Å². The highest BCUT2D eigenvalue weighted by atomic mass is 19.1. The molecule has 1 aliphatic carbocycles. The van der Waals surface area contributed by atoms with Crippen molar-refractivity contribution in [1.82, 2.24) is 5.32 Å². The number of halogens is 1. The first-order valence-electron chi connectivity index (χ1n) is 11.8. The van der Waals surface area contributed by atoms with Gasteiger partial charge in [-0.3, -0.25) is 9.59 Å². The zero-order valence-corrected chi connectivity index (χ0v) is 20.9. The Morgan fingerprint density at radius 3 is 2.41 bits per heavy atom. The Bertz CT molecular complexity index is 1310. The molecule has 10 heteroatoms. The number of nitrogens with zero attached hydrogens (tertiary/aromatic N) is 2. The highest BCUT2D eigenvalue weighted by Crippen LogP contribution is 2.44. The van der Waals surface area contributed by atoms with Crippen molar-refractivity contribution in [3.63, 3.8) is 0 Å². The predicted octanol–water partition coefficient (Wildman–Crippen LogP) is 2.28. The van der Waals surface area contributed by atoms with E-state index in [2.05, 4.69) is 33.6 Å². The Kier molecular flexibility index (Phi) is 9.35. The zero-order chi connectivity index (χ0) is 26.8. The van der Waals surface area contributed by atoms with E-state index in [1.54, 1.807) is 44.4 Å². The molecular formula is C27H30FN5O4. The molecule has 0 heterocycles. The maximum atomic E-state index is 15.0. The number of rotatable bonds is 12. The molecule has 194 valence electrons. The van der Waals surface area contributed by atoms with E-state index in [1.807, 2.05) is 0 Å². The van der Waals surface area contributed by atoms with Crippen LogP contribution in [0.25, 0.3) is 12.4 Å². The van der Waals surface area contributed by atoms with E-state index in [9.17, 15) is 14.0 Å². The minimum absolute atomic E-state index is 0.199. The molecule has 1 saturated carbocycles. The summed E-state index contributed by atoms with van der Waals surface area (Å²) in [5.74, 6) is -0.853. The second-order valence-corrected chi connectivity index (χ2v) is 8.61. The van der Waals surface area contributed by atoms with Gasteiger partial charge in [-0.05, 0) is 55.3 Å². The molecule has 9 nitrogen and oxygen atoms in total. The van der Waals surface area contributed by atoms with E-state index in [1.165, 1.54) is 12.3 Å². The Labute approximate surface area is 214 Å². The van der Waals surface area contributed by atoms with Gasteiger partial charge in [0.2, 0.25) is 11.8 Å². The lowest BCUT2D eigenvalue weighted by molar-refractivity contribution is -0.126. The van der Waals surface area contributed by atoms with Crippen LogP contribution in [0.5, 0.6) is 5.75 Å². The van der Waals surface area contributed by atoms with Gasteiger partial charge in [-0.2, -0.15) is 5.26 Å². The van der Waals surface area contributed by atoms with E-state index in [4.69, 9.17) is 14.7 Å². The quantitative estimate of drug-likeness (QED) is 0.230. The number of methoxy groups -OCH3 is 1. The summed E-state index contributed by atoms with van der Waals surface area (Å²) >= 11 is 0. The highest BCUT2D eigenvalue weighted by Gasteiger charge is 2.43. The van der Waals surface area contributed by atoms with Crippen LogP contribution in [0, 0.1) is 22.6 Å². The summed E-state index contributed by atoms with van der Waals surface area (Å²) in [6, 6.07) is 11.8. The minimum atomic E-state index is -0.544. The third kappa shape index (κ3) is 7.88. The number of hydrogen-bond acceptors (Lipinski definition) is 7. The Morgan fingerprint density at radius 2 is 1.84 bits per heavy atom. The summed E-state index contributed by atoms with van der Waals surface area (Å²) in [5.41, 5.74) is 0.618. The predicted molar refractivity (Wildman–Crippen MR) is 140 cm³/mol. The van der Waals surface area contributed by atoms with Crippen LogP contribution in [0.3, 0.4) is 0 Å². The van der Waals surface area contributed by atoms with Gasteiger partial charge in [-0.1, -0.05) is 6.58 Å². The molecule has 0 aromatic heterocycles. The van der Waals surface area contributed by atoms with Crippen molar-refractivity contribution in [2.75, 3.05) is 37.5 Å². The average Bonchev–Trinajstić information content (AvgIpc) is 3.64. The summed E-state index contributed by atoms with van der Waals surface area (Å²) in [5, 5.41) is 18.0. The lowest BCUT2D eigenvalue weighted by atomic mass is 10.1. The smallest absolute Gasteiger partial charge is 0.233 e. The van der Waals surface area contributed by atoms with Crippen LogP contribution >= 0.6 is 0 Å². The minimum Gasteiger partial charge on any atom is -0.491 e. The van der Waals surface area contributed by atoms with Gasteiger partial charge in [-0.15, -0.1) is 0 Å². The number of benzene rings is 2. The van der Waals surface area contributed by atoms with Crippen LogP contribution in [-0.2, 0) is 14.3 Å². The van der Waals surface area contributed by atoms with Crippen molar-refractivity contribution >= 4 is 41.8 Å². The van der Waals surface area contributed by atoms with Crippen LogP contribution in [0.4, 0.5) is 15.8 Å². The first-order chi connectivity index (χ1) is 17.8. The molecule has 1 fully saturated rings. The number of ether oxygens (including phenoxy) is 2. The zero-order valence-electron chi connectivity index (χ0n) is 20.9. The van der Waals surface area contributed by atoms with Crippen molar-refractivity contribution < 1.29 is 23.5 Å². The topological polar surface area (TPSA) is 125 Å². The number of hydrogen-bond donors (Lipinski definition) is 3. The van der Waals surface area contributed by atoms with Crippen molar-refractivity contribution in [1.29, 1.82) is 5.26 Å².